The van der Waals surface area contributed by atoms with E-state index in [1.807, 2.05) is 18.2 Å². The van der Waals surface area contributed by atoms with Gasteiger partial charge in [-0.25, -0.2) is 14.4 Å². The summed E-state index contributed by atoms with van der Waals surface area (Å²) >= 11 is 7.39. The third-order valence-electron chi connectivity index (χ3n) is 4.80. The molecule has 8 heteroatoms. The van der Waals surface area contributed by atoms with Gasteiger partial charge < -0.3 is 10.6 Å². The third-order valence-corrected chi connectivity index (χ3v) is 6.11. The second-order valence-corrected chi connectivity index (χ2v) is 8.62. The number of hydrogen-bond acceptors (Lipinski definition) is 5. The first kappa shape index (κ1) is 21.2. The van der Waals surface area contributed by atoms with Gasteiger partial charge in [-0.3, -0.25) is 4.79 Å². The molecule has 4 aromatic rings. The average molecular weight is 455 g/mol. The first-order chi connectivity index (χ1) is 15.0. The molecule has 0 spiro atoms. The molecule has 2 aromatic heterocycles. The minimum absolute atomic E-state index is 0.0208. The number of aryl methyl sites for hydroxylation is 1. The van der Waals surface area contributed by atoms with E-state index in [0.29, 0.717) is 25.1 Å². The number of benzene rings is 2. The molecule has 0 fully saturated rings. The van der Waals surface area contributed by atoms with Crippen molar-refractivity contribution >= 4 is 50.6 Å². The number of carbonyl (C=O) groups is 1. The summed E-state index contributed by atoms with van der Waals surface area (Å²) in [5.74, 6) is 0.0890. The van der Waals surface area contributed by atoms with Gasteiger partial charge in [-0.2, -0.15) is 0 Å². The van der Waals surface area contributed by atoms with E-state index in [4.69, 9.17) is 11.6 Å². The molecule has 5 nitrogen and oxygen atoms in total. The standard InChI is InChI=1S/C23H20ClFN4OS/c1-14-20(15-6-3-2-4-7-15)21-22(27-13-28-23(21)31-14)26-11-5-8-19(30)29-16-9-10-18(25)17(24)12-16/h2-4,6-7,9-10,12-13H,5,8,11H2,1H3,(H,29,30)(H,26,27,28). The zero-order valence-corrected chi connectivity index (χ0v) is 18.4. The second-order valence-electron chi connectivity index (χ2n) is 7.01. The number of hydrogen-bond donors (Lipinski definition) is 2. The monoisotopic (exact) mass is 454 g/mol. The van der Waals surface area contributed by atoms with Crippen LogP contribution in [-0.2, 0) is 4.79 Å². The molecule has 0 unspecified atom stereocenters. The number of aromatic nitrogens is 2. The number of nitrogens with zero attached hydrogens (tertiary/aromatic N) is 2. The molecule has 0 atom stereocenters. The molecule has 2 heterocycles. The van der Waals surface area contributed by atoms with Crippen molar-refractivity contribution in [2.75, 3.05) is 17.2 Å². The number of anilines is 2. The molecule has 2 N–H and O–H groups in total. The van der Waals surface area contributed by atoms with Crippen LogP contribution >= 0.6 is 22.9 Å². The average Bonchev–Trinajstić information content (AvgIpc) is 3.11. The number of halogens is 2. The lowest BCUT2D eigenvalue weighted by Crippen LogP contribution is -2.13. The van der Waals surface area contributed by atoms with Crippen LogP contribution < -0.4 is 10.6 Å². The summed E-state index contributed by atoms with van der Waals surface area (Å²) in [6.45, 7) is 2.66. The topological polar surface area (TPSA) is 66.9 Å². The maximum Gasteiger partial charge on any atom is 0.224 e. The number of rotatable bonds is 7. The van der Waals surface area contributed by atoms with Gasteiger partial charge in [0, 0.05) is 29.1 Å². The SMILES string of the molecule is Cc1sc2ncnc(NCCCC(=O)Nc3ccc(F)c(Cl)c3)c2c1-c1ccccc1. The number of amides is 1. The molecule has 158 valence electrons. The van der Waals surface area contributed by atoms with Crippen LogP contribution in [0.3, 0.4) is 0 Å². The van der Waals surface area contributed by atoms with Crippen LogP contribution in [-0.4, -0.2) is 22.4 Å². The molecule has 1 amide bonds. The molecule has 0 saturated heterocycles. The molecule has 0 radical (unpaired) electrons. The number of fused-ring (bicyclic) bond motifs is 1. The van der Waals surface area contributed by atoms with Gasteiger partial charge >= 0.3 is 0 Å². The van der Waals surface area contributed by atoms with Gasteiger partial charge in [-0.15, -0.1) is 11.3 Å². The smallest absolute Gasteiger partial charge is 0.224 e. The highest BCUT2D eigenvalue weighted by Gasteiger charge is 2.16. The molecular weight excluding hydrogens is 435 g/mol. The minimum atomic E-state index is -0.515. The summed E-state index contributed by atoms with van der Waals surface area (Å²) < 4.78 is 13.2. The van der Waals surface area contributed by atoms with Crippen LogP contribution in [0.4, 0.5) is 15.9 Å². The van der Waals surface area contributed by atoms with Crippen molar-refractivity contribution in [2.24, 2.45) is 0 Å². The Morgan fingerprint density at radius 3 is 2.74 bits per heavy atom. The van der Waals surface area contributed by atoms with E-state index in [1.165, 1.54) is 23.1 Å². The lowest BCUT2D eigenvalue weighted by atomic mass is 10.0. The van der Waals surface area contributed by atoms with Crippen LogP contribution in [0.5, 0.6) is 0 Å². The Labute approximate surface area is 188 Å². The predicted molar refractivity (Wildman–Crippen MR) is 125 cm³/mol. The van der Waals surface area contributed by atoms with E-state index < -0.39 is 5.82 Å². The van der Waals surface area contributed by atoms with E-state index in [9.17, 15) is 9.18 Å². The Hall–Kier alpha value is -3.03. The fourth-order valence-electron chi connectivity index (χ4n) is 3.38. The van der Waals surface area contributed by atoms with Crippen LogP contribution in [0.25, 0.3) is 21.3 Å². The summed E-state index contributed by atoms with van der Waals surface area (Å²) in [6.07, 6.45) is 2.47. The maximum atomic E-state index is 13.2. The van der Waals surface area contributed by atoms with E-state index in [0.717, 1.165) is 27.2 Å². The maximum absolute atomic E-state index is 13.2. The van der Waals surface area contributed by atoms with Gasteiger partial charge in [0.2, 0.25) is 5.91 Å². The highest BCUT2D eigenvalue weighted by atomic mass is 35.5. The van der Waals surface area contributed by atoms with E-state index in [-0.39, 0.29) is 10.9 Å². The van der Waals surface area contributed by atoms with Crippen molar-refractivity contribution in [3.05, 3.63) is 70.6 Å². The Morgan fingerprint density at radius 2 is 1.97 bits per heavy atom. The number of thiophene rings is 1. The van der Waals surface area contributed by atoms with Crippen molar-refractivity contribution in [2.45, 2.75) is 19.8 Å². The minimum Gasteiger partial charge on any atom is -0.369 e. The van der Waals surface area contributed by atoms with Crippen molar-refractivity contribution in [1.29, 1.82) is 0 Å². The first-order valence-electron chi connectivity index (χ1n) is 9.81. The normalized spacial score (nSPS) is 10.9. The van der Waals surface area contributed by atoms with Gasteiger partial charge in [0.25, 0.3) is 0 Å². The Bertz CT molecular complexity index is 1230. The Morgan fingerprint density at radius 1 is 1.16 bits per heavy atom. The lowest BCUT2D eigenvalue weighted by molar-refractivity contribution is -0.116. The van der Waals surface area contributed by atoms with Crippen LogP contribution in [0, 0.1) is 12.7 Å². The highest BCUT2D eigenvalue weighted by Crippen LogP contribution is 2.40. The van der Waals surface area contributed by atoms with Gasteiger partial charge in [0.15, 0.2) is 0 Å². The van der Waals surface area contributed by atoms with E-state index in [1.54, 1.807) is 17.7 Å². The molecular formula is C23H20ClFN4OS. The van der Waals surface area contributed by atoms with Gasteiger partial charge in [0.1, 0.15) is 22.8 Å². The molecule has 0 bridgehead atoms. The van der Waals surface area contributed by atoms with Crippen LogP contribution in [0.2, 0.25) is 5.02 Å². The zero-order chi connectivity index (χ0) is 21.8. The molecule has 4 rings (SSSR count). The second kappa shape index (κ2) is 9.41. The summed E-state index contributed by atoms with van der Waals surface area (Å²) in [7, 11) is 0. The van der Waals surface area contributed by atoms with Gasteiger partial charge in [0.05, 0.1) is 10.4 Å². The summed E-state index contributed by atoms with van der Waals surface area (Å²) in [4.78, 5) is 23.2. The summed E-state index contributed by atoms with van der Waals surface area (Å²) in [5, 5.41) is 7.06. The van der Waals surface area contributed by atoms with Gasteiger partial charge in [-0.05, 0) is 37.1 Å². The summed E-state index contributed by atoms with van der Waals surface area (Å²) in [6, 6.07) is 14.3. The molecule has 31 heavy (non-hydrogen) atoms. The van der Waals surface area contributed by atoms with E-state index >= 15 is 0 Å². The van der Waals surface area contributed by atoms with Crippen LogP contribution in [0.1, 0.15) is 17.7 Å². The molecule has 0 aliphatic heterocycles. The Kier molecular flexibility index (Phi) is 6.44. The van der Waals surface area contributed by atoms with Crippen molar-refractivity contribution in [1.82, 2.24) is 9.97 Å². The third kappa shape index (κ3) is 4.84. The van der Waals surface area contributed by atoms with Crippen molar-refractivity contribution < 1.29 is 9.18 Å². The zero-order valence-electron chi connectivity index (χ0n) is 16.8. The number of nitrogens with one attached hydrogen (secondary N) is 2. The fraction of sp³-hybridized carbons (Fsp3) is 0.174. The van der Waals surface area contributed by atoms with Gasteiger partial charge in [-0.1, -0.05) is 41.9 Å². The van der Waals surface area contributed by atoms with E-state index in [2.05, 4.69) is 39.7 Å². The first-order valence-corrected chi connectivity index (χ1v) is 11.0. The number of carbonyl (C=O) groups excluding carboxylic acids is 1. The van der Waals surface area contributed by atoms with Crippen molar-refractivity contribution in [3.63, 3.8) is 0 Å². The fourth-order valence-corrected chi connectivity index (χ4v) is 4.58. The van der Waals surface area contributed by atoms with Crippen LogP contribution in [0.15, 0.2) is 54.9 Å². The quantitative estimate of drug-likeness (QED) is 0.322. The summed E-state index contributed by atoms with van der Waals surface area (Å²) in [5.41, 5.74) is 2.74. The van der Waals surface area contributed by atoms with Crippen molar-refractivity contribution in [3.8, 4) is 11.1 Å². The predicted octanol–water partition coefficient (Wildman–Crippen LogP) is 6.29. The largest absolute Gasteiger partial charge is 0.369 e. The molecule has 0 saturated carbocycles. The molecule has 2 aromatic carbocycles. The molecule has 0 aliphatic rings. The molecule has 0 aliphatic carbocycles. The highest BCUT2D eigenvalue weighted by molar-refractivity contribution is 7.19. The lowest BCUT2D eigenvalue weighted by Gasteiger charge is -2.09. The Balaban J connectivity index is 1.41.